The molecular formula is C18H25FN2O2. The average Bonchev–Trinajstić information content (AvgIpc) is 2.89. The summed E-state index contributed by atoms with van der Waals surface area (Å²) in [6, 6.07) is 5.28. The molecular weight excluding hydrogens is 295 g/mol. The Morgan fingerprint density at radius 1 is 1.13 bits per heavy atom. The lowest BCUT2D eigenvalue weighted by Crippen LogP contribution is -2.42. The summed E-state index contributed by atoms with van der Waals surface area (Å²) in [7, 11) is 1.47. The van der Waals surface area contributed by atoms with E-state index in [9.17, 15) is 9.18 Å². The predicted octanol–water partition coefficient (Wildman–Crippen LogP) is 3.62. The Bertz CT molecular complexity index is 556. The molecule has 3 rings (SSSR count). The summed E-state index contributed by atoms with van der Waals surface area (Å²) >= 11 is 0. The minimum absolute atomic E-state index is 0.156. The molecule has 2 fully saturated rings. The summed E-state index contributed by atoms with van der Waals surface area (Å²) < 4.78 is 18.8. The zero-order valence-electron chi connectivity index (χ0n) is 13.8. The van der Waals surface area contributed by atoms with Gasteiger partial charge in [0.15, 0.2) is 11.6 Å². The number of methoxy groups -OCH3 is 1. The SMILES string of the molecule is COc1ccc(C2CCN(C(=O)N3CCCCCC3)C2)cc1F. The number of carbonyl (C=O) groups excluding carboxylic acids is 1. The summed E-state index contributed by atoms with van der Waals surface area (Å²) in [5.41, 5.74) is 0.953. The molecule has 2 aliphatic rings. The van der Waals surface area contributed by atoms with Crippen molar-refractivity contribution in [2.75, 3.05) is 33.3 Å². The second-order valence-corrected chi connectivity index (χ2v) is 6.51. The molecule has 2 saturated heterocycles. The average molecular weight is 320 g/mol. The second-order valence-electron chi connectivity index (χ2n) is 6.51. The van der Waals surface area contributed by atoms with Crippen LogP contribution in [0.5, 0.6) is 5.75 Å². The number of ether oxygens (including phenoxy) is 1. The Hall–Kier alpha value is -1.78. The molecule has 2 aliphatic heterocycles. The number of rotatable bonds is 2. The van der Waals surface area contributed by atoms with Crippen LogP contribution in [0.1, 0.15) is 43.6 Å². The number of halogens is 1. The van der Waals surface area contributed by atoms with Crippen LogP contribution in [0.4, 0.5) is 9.18 Å². The number of hydrogen-bond donors (Lipinski definition) is 0. The molecule has 1 unspecified atom stereocenters. The van der Waals surface area contributed by atoms with Crippen LogP contribution in [-0.4, -0.2) is 49.1 Å². The van der Waals surface area contributed by atoms with E-state index in [1.807, 2.05) is 15.9 Å². The number of nitrogens with zero attached hydrogens (tertiary/aromatic N) is 2. The molecule has 2 heterocycles. The molecule has 0 N–H and O–H groups in total. The third-order valence-electron chi connectivity index (χ3n) is 4.98. The Morgan fingerprint density at radius 2 is 1.87 bits per heavy atom. The number of benzene rings is 1. The quantitative estimate of drug-likeness (QED) is 0.834. The van der Waals surface area contributed by atoms with Gasteiger partial charge in [-0.15, -0.1) is 0 Å². The van der Waals surface area contributed by atoms with Gasteiger partial charge in [0.25, 0.3) is 0 Å². The van der Waals surface area contributed by atoms with E-state index in [1.54, 1.807) is 12.1 Å². The van der Waals surface area contributed by atoms with E-state index in [0.717, 1.165) is 44.5 Å². The van der Waals surface area contributed by atoms with Crippen LogP contribution in [0.15, 0.2) is 18.2 Å². The van der Waals surface area contributed by atoms with Gasteiger partial charge < -0.3 is 14.5 Å². The molecule has 0 spiro atoms. The molecule has 4 nitrogen and oxygen atoms in total. The van der Waals surface area contributed by atoms with Gasteiger partial charge in [-0.05, 0) is 37.0 Å². The van der Waals surface area contributed by atoms with Crippen molar-refractivity contribution in [3.05, 3.63) is 29.6 Å². The van der Waals surface area contributed by atoms with Crippen LogP contribution in [-0.2, 0) is 0 Å². The molecule has 2 amide bonds. The molecule has 1 aromatic rings. The molecule has 1 atom stereocenters. The first-order valence-electron chi connectivity index (χ1n) is 8.56. The van der Waals surface area contributed by atoms with Gasteiger partial charge in [0, 0.05) is 32.1 Å². The third-order valence-corrected chi connectivity index (χ3v) is 4.98. The van der Waals surface area contributed by atoms with Gasteiger partial charge in [-0.2, -0.15) is 0 Å². The zero-order chi connectivity index (χ0) is 16.2. The van der Waals surface area contributed by atoms with E-state index in [1.165, 1.54) is 20.0 Å². The summed E-state index contributed by atoms with van der Waals surface area (Å²) in [6.07, 6.45) is 5.54. The fourth-order valence-electron chi connectivity index (χ4n) is 3.60. The highest BCUT2D eigenvalue weighted by Crippen LogP contribution is 2.30. The summed E-state index contributed by atoms with van der Waals surface area (Å²) in [6.45, 7) is 3.18. The maximum absolute atomic E-state index is 13.9. The van der Waals surface area contributed by atoms with E-state index in [0.29, 0.717) is 6.54 Å². The van der Waals surface area contributed by atoms with Gasteiger partial charge in [0.1, 0.15) is 0 Å². The van der Waals surface area contributed by atoms with Crippen molar-refractivity contribution in [1.82, 2.24) is 9.80 Å². The minimum atomic E-state index is -0.331. The summed E-state index contributed by atoms with van der Waals surface area (Å²) in [5, 5.41) is 0. The van der Waals surface area contributed by atoms with E-state index < -0.39 is 0 Å². The molecule has 1 aromatic carbocycles. The van der Waals surface area contributed by atoms with Gasteiger partial charge in [-0.1, -0.05) is 18.9 Å². The van der Waals surface area contributed by atoms with Crippen LogP contribution >= 0.6 is 0 Å². The van der Waals surface area contributed by atoms with Crippen molar-refractivity contribution in [2.24, 2.45) is 0 Å². The van der Waals surface area contributed by atoms with E-state index in [2.05, 4.69) is 0 Å². The summed E-state index contributed by atoms with van der Waals surface area (Å²) in [4.78, 5) is 16.6. The van der Waals surface area contributed by atoms with Crippen molar-refractivity contribution in [2.45, 2.75) is 38.0 Å². The number of likely N-dealkylation sites (tertiary alicyclic amines) is 2. The Kier molecular flexibility index (Phi) is 5.03. The van der Waals surface area contributed by atoms with Crippen molar-refractivity contribution in [3.8, 4) is 5.75 Å². The van der Waals surface area contributed by atoms with Crippen LogP contribution in [0.25, 0.3) is 0 Å². The van der Waals surface area contributed by atoms with Crippen LogP contribution < -0.4 is 4.74 Å². The number of carbonyl (C=O) groups is 1. The molecule has 0 aromatic heterocycles. The van der Waals surface area contributed by atoms with Crippen molar-refractivity contribution in [1.29, 1.82) is 0 Å². The molecule has 0 bridgehead atoms. The second kappa shape index (κ2) is 7.20. The lowest BCUT2D eigenvalue weighted by atomic mass is 9.98. The maximum atomic E-state index is 13.9. The first kappa shape index (κ1) is 16.1. The summed E-state index contributed by atoms with van der Waals surface area (Å²) in [5.74, 6) is 0.151. The fourth-order valence-corrected chi connectivity index (χ4v) is 3.60. The first-order valence-corrected chi connectivity index (χ1v) is 8.56. The minimum Gasteiger partial charge on any atom is -0.494 e. The number of amides is 2. The monoisotopic (exact) mass is 320 g/mol. The van der Waals surface area contributed by atoms with Gasteiger partial charge in [-0.3, -0.25) is 0 Å². The van der Waals surface area contributed by atoms with Crippen molar-refractivity contribution < 1.29 is 13.9 Å². The van der Waals surface area contributed by atoms with Crippen LogP contribution in [0.3, 0.4) is 0 Å². The molecule has 126 valence electrons. The van der Waals surface area contributed by atoms with E-state index >= 15 is 0 Å². The highest BCUT2D eigenvalue weighted by molar-refractivity contribution is 5.75. The third kappa shape index (κ3) is 3.59. The molecule has 0 radical (unpaired) electrons. The topological polar surface area (TPSA) is 32.8 Å². The standard InChI is InChI=1S/C18H25FN2O2/c1-23-17-7-6-14(12-16(17)19)15-8-11-21(13-15)18(22)20-9-4-2-3-5-10-20/h6-7,12,15H,2-5,8-11,13H2,1H3. The Balaban J connectivity index is 1.63. The van der Waals surface area contributed by atoms with E-state index in [-0.39, 0.29) is 23.5 Å². The lowest BCUT2D eigenvalue weighted by molar-refractivity contribution is 0.164. The van der Waals surface area contributed by atoms with Gasteiger partial charge in [0.2, 0.25) is 0 Å². The van der Waals surface area contributed by atoms with Gasteiger partial charge in [0.05, 0.1) is 7.11 Å². The van der Waals surface area contributed by atoms with Crippen molar-refractivity contribution >= 4 is 6.03 Å². The van der Waals surface area contributed by atoms with Crippen molar-refractivity contribution in [3.63, 3.8) is 0 Å². The largest absolute Gasteiger partial charge is 0.494 e. The van der Waals surface area contributed by atoms with Gasteiger partial charge in [-0.25, -0.2) is 9.18 Å². The zero-order valence-corrected chi connectivity index (χ0v) is 13.8. The highest BCUT2D eigenvalue weighted by Gasteiger charge is 2.30. The molecule has 0 aliphatic carbocycles. The molecule has 5 heteroatoms. The van der Waals surface area contributed by atoms with Crippen LogP contribution in [0.2, 0.25) is 0 Å². The van der Waals surface area contributed by atoms with E-state index in [4.69, 9.17) is 4.74 Å². The number of hydrogen-bond acceptors (Lipinski definition) is 2. The fraction of sp³-hybridized carbons (Fsp3) is 0.611. The predicted molar refractivity (Wildman–Crippen MR) is 87.3 cm³/mol. The maximum Gasteiger partial charge on any atom is 0.320 e. The number of urea groups is 1. The Labute approximate surface area is 137 Å². The lowest BCUT2D eigenvalue weighted by Gasteiger charge is -2.27. The van der Waals surface area contributed by atoms with Crippen LogP contribution in [0, 0.1) is 5.82 Å². The first-order chi connectivity index (χ1) is 11.2. The normalized spacial score (nSPS) is 22.1. The van der Waals surface area contributed by atoms with Gasteiger partial charge >= 0.3 is 6.03 Å². The smallest absolute Gasteiger partial charge is 0.320 e. The molecule has 0 saturated carbocycles. The Morgan fingerprint density at radius 3 is 2.52 bits per heavy atom. The highest BCUT2D eigenvalue weighted by atomic mass is 19.1. The molecule has 23 heavy (non-hydrogen) atoms.